The fourth-order valence-electron chi connectivity index (χ4n) is 2.49. The summed E-state index contributed by atoms with van der Waals surface area (Å²) in [5.41, 5.74) is 0.924. The Hall–Kier alpha value is -0.840. The number of rotatable bonds is 6. The Kier molecular flexibility index (Phi) is 5.64. The Morgan fingerprint density at radius 2 is 2.30 bits per heavy atom. The summed E-state index contributed by atoms with van der Waals surface area (Å²) in [4.78, 5) is 7.03. The van der Waals surface area contributed by atoms with Crippen LogP contribution in [0.15, 0.2) is 12.1 Å². The first-order valence-electron chi connectivity index (χ1n) is 7.23. The van der Waals surface area contributed by atoms with Crippen molar-refractivity contribution >= 4 is 17.4 Å². The lowest BCUT2D eigenvalue weighted by Crippen LogP contribution is -2.25. The van der Waals surface area contributed by atoms with E-state index in [0.717, 1.165) is 42.7 Å². The van der Waals surface area contributed by atoms with Gasteiger partial charge < -0.3 is 15.0 Å². The number of anilines is 1. The average Bonchev–Trinajstić information content (AvgIpc) is 2.87. The van der Waals surface area contributed by atoms with Crippen molar-refractivity contribution in [3.05, 3.63) is 22.8 Å². The summed E-state index contributed by atoms with van der Waals surface area (Å²) in [5.74, 6) is 1.63. The maximum atomic E-state index is 6.22. The molecule has 1 atom stereocenters. The van der Waals surface area contributed by atoms with Gasteiger partial charge in [0.15, 0.2) is 0 Å². The molecular formula is C15H24ClN3O. The van der Waals surface area contributed by atoms with Gasteiger partial charge in [0.1, 0.15) is 5.82 Å². The third-order valence-electron chi connectivity index (χ3n) is 3.59. The van der Waals surface area contributed by atoms with Crippen molar-refractivity contribution in [3.8, 4) is 0 Å². The highest BCUT2D eigenvalue weighted by atomic mass is 35.5. The molecule has 1 aliphatic heterocycles. The van der Waals surface area contributed by atoms with Crippen LogP contribution in [0.4, 0.5) is 5.82 Å². The third kappa shape index (κ3) is 4.08. The lowest BCUT2D eigenvalue weighted by molar-refractivity contribution is 0.161. The summed E-state index contributed by atoms with van der Waals surface area (Å²) in [5, 5.41) is 4.10. The highest BCUT2D eigenvalue weighted by Crippen LogP contribution is 2.25. The summed E-state index contributed by atoms with van der Waals surface area (Å²) in [6.45, 7) is 7.83. The maximum absolute atomic E-state index is 6.22. The molecule has 0 saturated carbocycles. The molecule has 4 nitrogen and oxygen atoms in total. The van der Waals surface area contributed by atoms with Crippen LogP contribution in [0.3, 0.4) is 0 Å². The standard InChI is InChI=1S/C15H24ClN3O/c1-11(2)17-8-14-13(16)4-5-15(18-14)19-7-6-12(9-19)10-20-3/h4-5,11-12,17H,6-10H2,1-3H3. The van der Waals surface area contributed by atoms with Crippen molar-refractivity contribution in [2.24, 2.45) is 5.92 Å². The predicted octanol–water partition coefficient (Wildman–Crippen LogP) is 2.71. The van der Waals surface area contributed by atoms with Gasteiger partial charge in [-0.1, -0.05) is 25.4 Å². The van der Waals surface area contributed by atoms with E-state index in [-0.39, 0.29) is 0 Å². The maximum Gasteiger partial charge on any atom is 0.128 e. The lowest BCUT2D eigenvalue weighted by atomic mass is 10.1. The van der Waals surface area contributed by atoms with Gasteiger partial charge in [0.05, 0.1) is 17.3 Å². The van der Waals surface area contributed by atoms with Gasteiger partial charge in [-0.3, -0.25) is 0 Å². The molecule has 5 heteroatoms. The second-order valence-corrected chi connectivity index (χ2v) is 6.10. The monoisotopic (exact) mass is 297 g/mol. The predicted molar refractivity (Wildman–Crippen MR) is 83.4 cm³/mol. The highest BCUT2D eigenvalue weighted by Gasteiger charge is 2.23. The molecule has 0 amide bonds. The minimum absolute atomic E-state index is 0.425. The largest absolute Gasteiger partial charge is 0.384 e. The first-order chi connectivity index (χ1) is 9.60. The normalized spacial score (nSPS) is 19.1. The van der Waals surface area contributed by atoms with Crippen LogP contribution >= 0.6 is 11.6 Å². The van der Waals surface area contributed by atoms with Gasteiger partial charge in [-0.25, -0.2) is 4.98 Å². The Balaban J connectivity index is 2.03. The Bertz CT molecular complexity index is 439. The van der Waals surface area contributed by atoms with Gasteiger partial charge in [0.2, 0.25) is 0 Å². The van der Waals surface area contributed by atoms with Crippen LogP contribution in [0.2, 0.25) is 5.02 Å². The van der Waals surface area contributed by atoms with Crippen molar-refractivity contribution in [1.29, 1.82) is 0 Å². The molecule has 0 aromatic carbocycles. The van der Waals surface area contributed by atoms with E-state index in [1.807, 2.05) is 12.1 Å². The number of hydrogen-bond acceptors (Lipinski definition) is 4. The number of nitrogens with zero attached hydrogens (tertiary/aromatic N) is 2. The van der Waals surface area contributed by atoms with Crippen LogP contribution in [0.5, 0.6) is 0 Å². The van der Waals surface area contributed by atoms with Crippen molar-refractivity contribution in [2.75, 3.05) is 31.7 Å². The van der Waals surface area contributed by atoms with Gasteiger partial charge in [0, 0.05) is 38.7 Å². The third-order valence-corrected chi connectivity index (χ3v) is 3.94. The molecule has 0 radical (unpaired) electrons. The van der Waals surface area contributed by atoms with Crippen LogP contribution in [0, 0.1) is 5.92 Å². The number of nitrogens with one attached hydrogen (secondary N) is 1. The van der Waals surface area contributed by atoms with Gasteiger partial charge in [-0.2, -0.15) is 0 Å². The zero-order valence-electron chi connectivity index (χ0n) is 12.5. The van der Waals surface area contributed by atoms with Gasteiger partial charge in [-0.15, -0.1) is 0 Å². The van der Waals surface area contributed by atoms with Crippen molar-refractivity contribution in [3.63, 3.8) is 0 Å². The molecule has 1 aromatic rings. The molecule has 1 N–H and O–H groups in total. The zero-order chi connectivity index (χ0) is 14.5. The quantitative estimate of drug-likeness (QED) is 0.876. The Morgan fingerprint density at radius 3 is 3.00 bits per heavy atom. The molecular weight excluding hydrogens is 274 g/mol. The first kappa shape index (κ1) is 15.5. The fraction of sp³-hybridized carbons (Fsp3) is 0.667. The number of aromatic nitrogens is 1. The minimum Gasteiger partial charge on any atom is -0.384 e. The van der Waals surface area contributed by atoms with Crippen LogP contribution in [0.25, 0.3) is 0 Å². The van der Waals surface area contributed by atoms with Crippen LogP contribution in [-0.4, -0.2) is 37.8 Å². The number of pyridine rings is 1. The molecule has 112 valence electrons. The van der Waals surface area contributed by atoms with E-state index in [1.54, 1.807) is 7.11 Å². The van der Waals surface area contributed by atoms with E-state index in [4.69, 9.17) is 21.3 Å². The number of hydrogen-bond donors (Lipinski definition) is 1. The second kappa shape index (κ2) is 7.25. The lowest BCUT2D eigenvalue weighted by Gasteiger charge is -2.19. The van der Waals surface area contributed by atoms with Gasteiger partial charge in [-0.05, 0) is 18.6 Å². The fourth-order valence-corrected chi connectivity index (χ4v) is 2.66. The van der Waals surface area contributed by atoms with Gasteiger partial charge in [0.25, 0.3) is 0 Å². The topological polar surface area (TPSA) is 37.4 Å². The van der Waals surface area contributed by atoms with Crippen LogP contribution in [0.1, 0.15) is 26.0 Å². The van der Waals surface area contributed by atoms with Crippen molar-refractivity contribution in [1.82, 2.24) is 10.3 Å². The molecule has 1 unspecified atom stereocenters. The summed E-state index contributed by atoms with van der Waals surface area (Å²) >= 11 is 6.22. The average molecular weight is 298 g/mol. The van der Waals surface area contributed by atoms with Gasteiger partial charge >= 0.3 is 0 Å². The highest BCUT2D eigenvalue weighted by molar-refractivity contribution is 6.31. The molecule has 1 aliphatic rings. The molecule has 1 aromatic heterocycles. The summed E-state index contributed by atoms with van der Waals surface area (Å²) in [6.07, 6.45) is 1.16. The summed E-state index contributed by atoms with van der Waals surface area (Å²) in [6, 6.07) is 4.38. The number of halogens is 1. The van der Waals surface area contributed by atoms with Crippen molar-refractivity contribution in [2.45, 2.75) is 32.9 Å². The van der Waals surface area contributed by atoms with Crippen LogP contribution < -0.4 is 10.2 Å². The molecule has 0 spiro atoms. The minimum atomic E-state index is 0.425. The second-order valence-electron chi connectivity index (χ2n) is 5.69. The zero-order valence-corrected chi connectivity index (χ0v) is 13.3. The smallest absolute Gasteiger partial charge is 0.128 e. The summed E-state index contributed by atoms with van der Waals surface area (Å²) in [7, 11) is 1.76. The first-order valence-corrected chi connectivity index (χ1v) is 7.60. The Morgan fingerprint density at radius 1 is 1.50 bits per heavy atom. The van der Waals surface area contributed by atoms with E-state index in [0.29, 0.717) is 18.5 Å². The molecule has 1 fully saturated rings. The molecule has 1 saturated heterocycles. The van der Waals surface area contributed by atoms with E-state index in [9.17, 15) is 0 Å². The van der Waals surface area contributed by atoms with Crippen LogP contribution in [-0.2, 0) is 11.3 Å². The summed E-state index contributed by atoms with van der Waals surface area (Å²) < 4.78 is 5.24. The molecule has 0 aliphatic carbocycles. The van der Waals surface area contributed by atoms with E-state index >= 15 is 0 Å². The number of ether oxygens (including phenoxy) is 1. The van der Waals surface area contributed by atoms with E-state index in [1.165, 1.54) is 0 Å². The molecule has 0 bridgehead atoms. The van der Waals surface area contributed by atoms with Crippen molar-refractivity contribution < 1.29 is 4.74 Å². The molecule has 2 heterocycles. The SMILES string of the molecule is COCC1CCN(c2ccc(Cl)c(CNC(C)C)n2)C1. The Labute approximate surface area is 126 Å². The van der Waals surface area contributed by atoms with E-state index < -0.39 is 0 Å². The van der Waals surface area contributed by atoms with E-state index in [2.05, 4.69) is 24.1 Å². The molecule has 20 heavy (non-hydrogen) atoms. The number of methoxy groups -OCH3 is 1. The molecule has 2 rings (SSSR count).